The fourth-order valence-electron chi connectivity index (χ4n) is 2.19. The fourth-order valence-corrected chi connectivity index (χ4v) is 2.94. The average molecular weight is 327 g/mol. The second kappa shape index (κ2) is 6.50. The van der Waals surface area contributed by atoms with Crippen LogP contribution in [0.4, 0.5) is 5.13 Å². The van der Waals surface area contributed by atoms with Crippen LogP contribution in [0.2, 0.25) is 0 Å². The molecule has 0 saturated carbocycles. The monoisotopic (exact) mass is 327 g/mol. The van der Waals surface area contributed by atoms with E-state index in [0.717, 1.165) is 23.3 Å². The molecule has 120 valence electrons. The summed E-state index contributed by atoms with van der Waals surface area (Å²) in [6.07, 6.45) is 3.84. The van der Waals surface area contributed by atoms with Crippen LogP contribution in [0, 0.1) is 0 Å². The van der Waals surface area contributed by atoms with Crippen LogP contribution in [0.25, 0.3) is 0 Å². The highest BCUT2D eigenvalue weighted by Gasteiger charge is 2.19. The van der Waals surface area contributed by atoms with E-state index in [2.05, 4.69) is 69.3 Å². The summed E-state index contributed by atoms with van der Waals surface area (Å²) >= 11 is 1.40. The van der Waals surface area contributed by atoms with Gasteiger partial charge in [0.1, 0.15) is 11.6 Å². The molecule has 6 heteroatoms. The van der Waals surface area contributed by atoms with Crippen molar-refractivity contribution in [2.24, 2.45) is 0 Å². The van der Waals surface area contributed by atoms with Gasteiger partial charge in [-0.3, -0.25) is 0 Å². The molecule has 5 nitrogen and oxygen atoms in total. The van der Waals surface area contributed by atoms with Crippen LogP contribution >= 0.6 is 11.5 Å². The number of nitrogens with one attached hydrogen (secondary N) is 1. The quantitative estimate of drug-likeness (QED) is 0.776. The van der Waals surface area contributed by atoms with Gasteiger partial charge in [0.05, 0.1) is 6.54 Å². The van der Waals surface area contributed by atoms with Crippen LogP contribution in [0.3, 0.4) is 0 Å². The van der Waals surface area contributed by atoms with Crippen molar-refractivity contribution in [2.75, 3.05) is 5.32 Å². The topological polar surface area (TPSA) is 55.6 Å². The van der Waals surface area contributed by atoms with Crippen LogP contribution < -0.4 is 5.32 Å². The van der Waals surface area contributed by atoms with E-state index in [1.807, 2.05) is 18.5 Å². The Morgan fingerprint density at radius 1 is 1.17 bits per heavy atom. The van der Waals surface area contributed by atoms with E-state index in [-0.39, 0.29) is 5.41 Å². The van der Waals surface area contributed by atoms with Crippen LogP contribution in [-0.2, 0) is 18.5 Å². The molecule has 23 heavy (non-hydrogen) atoms. The third-order valence-corrected chi connectivity index (χ3v) is 4.16. The Labute approximate surface area is 140 Å². The molecule has 0 bridgehead atoms. The number of hydrogen-bond acceptors (Lipinski definition) is 5. The minimum absolute atomic E-state index is 0.0256. The molecule has 0 radical (unpaired) electrons. The Bertz CT molecular complexity index is 755. The van der Waals surface area contributed by atoms with Gasteiger partial charge in [0.2, 0.25) is 5.13 Å². The molecule has 3 rings (SSSR count). The van der Waals surface area contributed by atoms with Crippen molar-refractivity contribution < 1.29 is 0 Å². The summed E-state index contributed by atoms with van der Waals surface area (Å²) in [7, 11) is 0. The third-order valence-electron chi connectivity index (χ3n) is 3.49. The predicted molar refractivity (Wildman–Crippen MR) is 93.7 cm³/mol. The number of anilines is 1. The van der Waals surface area contributed by atoms with Gasteiger partial charge < -0.3 is 9.88 Å². The fraction of sp³-hybridized carbons (Fsp3) is 0.353. The summed E-state index contributed by atoms with van der Waals surface area (Å²) in [4.78, 5) is 8.99. The SMILES string of the molecule is CC(C)(C)c1nsc(NCc2nccn2Cc2ccccc2)n1. The van der Waals surface area contributed by atoms with Gasteiger partial charge in [0.25, 0.3) is 0 Å². The lowest BCUT2D eigenvalue weighted by Crippen LogP contribution is -2.13. The molecule has 0 spiro atoms. The standard InChI is InChI=1S/C17H21N5S/c1-17(2,3)15-20-16(23-21-15)19-11-14-18-9-10-22(14)12-13-7-5-4-6-8-13/h4-10H,11-12H2,1-3H3,(H,19,20,21). The molecule has 0 amide bonds. The van der Waals surface area contributed by atoms with Crippen molar-refractivity contribution in [3.05, 3.63) is 59.9 Å². The van der Waals surface area contributed by atoms with Gasteiger partial charge in [0, 0.05) is 35.9 Å². The Balaban J connectivity index is 1.65. The van der Waals surface area contributed by atoms with Crippen molar-refractivity contribution in [3.8, 4) is 0 Å². The zero-order valence-electron chi connectivity index (χ0n) is 13.7. The second-order valence-corrected chi connectivity index (χ2v) is 7.24. The highest BCUT2D eigenvalue weighted by atomic mass is 32.1. The molecule has 0 saturated heterocycles. The number of hydrogen-bond donors (Lipinski definition) is 1. The van der Waals surface area contributed by atoms with Gasteiger partial charge in [0.15, 0.2) is 0 Å². The molecule has 1 N–H and O–H groups in total. The zero-order valence-corrected chi connectivity index (χ0v) is 14.5. The Kier molecular flexibility index (Phi) is 4.43. The molecular weight excluding hydrogens is 306 g/mol. The van der Waals surface area contributed by atoms with Gasteiger partial charge in [-0.15, -0.1) is 0 Å². The zero-order chi connectivity index (χ0) is 16.3. The first-order valence-corrected chi connectivity index (χ1v) is 8.42. The number of benzene rings is 1. The van der Waals surface area contributed by atoms with Crippen LogP contribution in [0.1, 0.15) is 38.0 Å². The third kappa shape index (κ3) is 3.96. The van der Waals surface area contributed by atoms with Gasteiger partial charge in [-0.05, 0) is 5.56 Å². The van der Waals surface area contributed by atoms with E-state index < -0.39 is 0 Å². The summed E-state index contributed by atoms with van der Waals surface area (Å²) in [5, 5.41) is 4.16. The molecule has 0 fully saturated rings. The van der Waals surface area contributed by atoms with Gasteiger partial charge in [-0.2, -0.15) is 4.37 Å². The van der Waals surface area contributed by atoms with E-state index in [1.165, 1.54) is 17.1 Å². The van der Waals surface area contributed by atoms with Crippen LogP contribution in [-0.4, -0.2) is 18.9 Å². The van der Waals surface area contributed by atoms with Crippen LogP contribution in [0.15, 0.2) is 42.7 Å². The first-order chi connectivity index (χ1) is 11.0. The van der Waals surface area contributed by atoms with Crippen molar-refractivity contribution in [2.45, 2.75) is 39.3 Å². The summed E-state index contributed by atoms with van der Waals surface area (Å²) in [5.41, 5.74) is 1.24. The first-order valence-electron chi connectivity index (χ1n) is 7.64. The Morgan fingerprint density at radius 3 is 2.65 bits per heavy atom. The van der Waals surface area contributed by atoms with Gasteiger partial charge >= 0.3 is 0 Å². The summed E-state index contributed by atoms with van der Waals surface area (Å²) in [6, 6.07) is 10.4. The van der Waals surface area contributed by atoms with Crippen LogP contribution in [0.5, 0.6) is 0 Å². The van der Waals surface area contributed by atoms with E-state index in [9.17, 15) is 0 Å². The first kappa shape index (κ1) is 15.7. The highest BCUT2D eigenvalue weighted by molar-refractivity contribution is 7.09. The minimum Gasteiger partial charge on any atom is -0.353 e. The lowest BCUT2D eigenvalue weighted by molar-refractivity contribution is 0.555. The average Bonchev–Trinajstić information content (AvgIpc) is 3.15. The van der Waals surface area contributed by atoms with Crippen molar-refractivity contribution in [3.63, 3.8) is 0 Å². The number of nitrogens with zero attached hydrogens (tertiary/aromatic N) is 4. The minimum atomic E-state index is -0.0256. The van der Waals surface area contributed by atoms with E-state index in [0.29, 0.717) is 6.54 Å². The van der Waals surface area contributed by atoms with Crippen molar-refractivity contribution in [1.82, 2.24) is 18.9 Å². The van der Waals surface area contributed by atoms with Gasteiger partial charge in [-0.1, -0.05) is 51.1 Å². The maximum absolute atomic E-state index is 4.55. The Morgan fingerprint density at radius 2 is 1.96 bits per heavy atom. The molecule has 2 aromatic heterocycles. The number of aromatic nitrogens is 4. The molecule has 2 heterocycles. The van der Waals surface area contributed by atoms with Crippen molar-refractivity contribution >= 4 is 16.7 Å². The number of rotatable bonds is 5. The molecular formula is C17H21N5S. The maximum Gasteiger partial charge on any atom is 0.202 e. The lowest BCUT2D eigenvalue weighted by atomic mass is 9.96. The molecule has 0 atom stereocenters. The summed E-state index contributed by atoms with van der Waals surface area (Å²) in [5.74, 6) is 1.86. The lowest BCUT2D eigenvalue weighted by Gasteiger charge is -2.12. The van der Waals surface area contributed by atoms with E-state index in [4.69, 9.17) is 0 Å². The van der Waals surface area contributed by atoms with Crippen molar-refractivity contribution in [1.29, 1.82) is 0 Å². The van der Waals surface area contributed by atoms with Gasteiger partial charge in [-0.25, -0.2) is 9.97 Å². The normalized spacial score (nSPS) is 11.6. The Hall–Kier alpha value is -2.21. The van der Waals surface area contributed by atoms with E-state index >= 15 is 0 Å². The molecule has 0 aliphatic carbocycles. The maximum atomic E-state index is 4.55. The predicted octanol–water partition coefficient (Wildman–Crippen LogP) is 3.69. The number of imidazole rings is 1. The molecule has 0 unspecified atom stereocenters. The molecule has 0 aliphatic rings. The highest BCUT2D eigenvalue weighted by Crippen LogP contribution is 2.23. The molecule has 0 aliphatic heterocycles. The molecule has 1 aromatic carbocycles. The van der Waals surface area contributed by atoms with E-state index in [1.54, 1.807) is 0 Å². The second-order valence-electron chi connectivity index (χ2n) is 6.48. The smallest absolute Gasteiger partial charge is 0.202 e. The summed E-state index contributed by atoms with van der Waals surface area (Å²) < 4.78 is 6.57. The molecule has 3 aromatic rings. The largest absolute Gasteiger partial charge is 0.353 e. The summed E-state index contributed by atoms with van der Waals surface area (Å²) in [6.45, 7) is 7.81.